The van der Waals surface area contributed by atoms with Gasteiger partial charge in [0, 0.05) is 31.2 Å². The molecule has 0 saturated heterocycles. The summed E-state index contributed by atoms with van der Waals surface area (Å²) < 4.78 is 24.1. The minimum absolute atomic E-state index is 0.0477. The van der Waals surface area contributed by atoms with Crippen molar-refractivity contribution >= 4 is 27.4 Å². The van der Waals surface area contributed by atoms with E-state index in [1.807, 2.05) is 0 Å². The summed E-state index contributed by atoms with van der Waals surface area (Å²) in [5.74, 6) is 3.68. The number of aliphatic hydroxyl groups excluding tert-OH is 1. The first kappa shape index (κ1) is 24.9. The van der Waals surface area contributed by atoms with Crippen LogP contribution >= 0.6 is 27.4 Å². The van der Waals surface area contributed by atoms with Crippen LogP contribution in [-0.4, -0.2) is 29.6 Å². The molecular weight excluding hydrogens is 445 g/mol. The van der Waals surface area contributed by atoms with E-state index in [1.165, 1.54) is 25.7 Å². The third-order valence-electron chi connectivity index (χ3n) is 10.7. The Kier molecular flexibility index (Phi) is 7.92. The van der Waals surface area contributed by atoms with Gasteiger partial charge < -0.3 is 14.2 Å². The SMILES string of the molecule is C[C@@H](CCCO)C1CCC2C3C(CC[C@@]21C)[C@@]1(C)CC[C@@H](P=O)C[C@H]1[C@H](OP)[C@@H]3OP. The highest BCUT2D eigenvalue weighted by atomic mass is 31.1. The van der Waals surface area contributed by atoms with Crippen LogP contribution in [0.3, 0.4) is 0 Å². The van der Waals surface area contributed by atoms with Gasteiger partial charge in [-0.15, -0.1) is 0 Å². The molecule has 0 aromatic heterocycles. The summed E-state index contributed by atoms with van der Waals surface area (Å²) in [6, 6.07) is 0. The van der Waals surface area contributed by atoms with Crippen molar-refractivity contribution in [1.29, 1.82) is 0 Å². The lowest BCUT2D eigenvalue weighted by Crippen LogP contribution is -2.64. The molecule has 4 saturated carbocycles. The summed E-state index contributed by atoms with van der Waals surface area (Å²) >= 11 is 0. The van der Waals surface area contributed by atoms with Crippen LogP contribution in [0.4, 0.5) is 0 Å². The second-order valence-corrected chi connectivity index (χ2v) is 13.2. The fourth-order valence-electron chi connectivity index (χ4n) is 9.21. The molecule has 0 radical (unpaired) electrons. The zero-order valence-electron chi connectivity index (χ0n) is 19.5. The molecule has 0 aliphatic heterocycles. The van der Waals surface area contributed by atoms with Crippen molar-refractivity contribution in [1.82, 2.24) is 0 Å². The number of hydrogen-bond donors (Lipinski definition) is 1. The molecule has 4 nitrogen and oxygen atoms in total. The Morgan fingerprint density at radius 3 is 2.32 bits per heavy atom. The van der Waals surface area contributed by atoms with Crippen LogP contribution in [0.25, 0.3) is 0 Å². The van der Waals surface area contributed by atoms with E-state index in [4.69, 9.17) is 9.05 Å². The smallest absolute Gasteiger partial charge is 0.158 e. The van der Waals surface area contributed by atoms with E-state index in [0.717, 1.165) is 38.0 Å². The number of fused-ring (bicyclic) bond motifs is 5. The molecule has 7 heteroatoms. The van der Waals surface area contributed by atoms with Crippen LogP contribution in [0.2, 0.25) is 0 Å². The van der Waals surface area contributed by atoms with E-state index in [0.29, 0.717) is 50.1 Å². The molecule has 1 N–H and O–H groups in total. The minimum atomic E-state index is 0.0477. The van der Waals surface area contributed by atoms with Gasteiger partial charge in [-0.3, -0.25) is 4.57 Å². The molecule has 4 aliphatic rings. The Hall–Kier alpha value is 0.840. The number of rotatable bonds is 7. The molecule has 4 fully saturated rings. The van der Waals surface area contributed by atoms with Crippen LogP contribution < -0.4 is 0 Å². The normalized spacial score (nSPS) is 50.5. The molecule has 178 valence electrons. The largest absolute Gasteiger partial charge is 0.396 e. The lowest BCUT2D eigenvalue weighted by atomic mass is 9.43. The fourth-order valence-corrected chi connectivity index (χ4v) is 10.4. The Morgan fingerprint density at radius 2 is 1.68 bits per heavy atom. The Bertz CT molecular complexity index is 650. The van der Waals surface area contributed by atoms with E-state index in [1.54, 1.807) is 0 Å². The van der Waals surface area contributed by atoms with Gasteiger partial charge in [0.25, 0.3) is 0 Å². The molecular formula is C24H43O4P3. The van der Waals surface area contributed by atoms with Crippen molar-refractivity contribution in [3.63, 3.8) is 0 Å². The summed E-state index contributed by atoms with van der Waals surface area (Å²) in [4.78, 5) is 0. The molecule has 0 amide bonds. The summed E-state index contributed by atoms with van der Waals surface area (Å²) in [6.45, 7) is 7.81. The Balaban J connectivity index is 1.66. The first-order valence-corrected chi connectivity index (χ1v) is 14.3. The number of hydrogen-bond acceptors (Lipinski definition) is 4. The van der Waals surface area contributed by atoms with E-state index in [9.17, 15) is 9.67 Å². The molecule has 31 heavy (non-hydrogen) atoms. The van der Waals surface area contributed by atoms with E-state index >= 15 is 0 Å². The second kappa shape index (κ2) is 9.84. The zero-order chi connectivity index (χ0) is 22.4. The zero-order valence-corrected chi connectivity index (χ0v) is 22.7. The summed E-state index contributed by atoms with van der Waals surface area (Å²) in [5, 5.41) is 9.35. The highest BCUT2D eigenvalue weighted by Gasteiger charge is 2.66. The van der Waals surface area contributed by atoms with Crippen LogP contribution in [0, 0.1) is 46.3 Å². The van der Waals surface area contributed by atoms with Crippen LogP contribution in [-0.2, 0) is 13.6 Å². The highest BCUT2D eigenvalue weighted by molar-refractivity contribution is 7.24. The van der Waals surface area contributed by atoms with Crippen LogP contribution in [0.5, 0.6) is 0 Å². The van der Waals surface area contributed by atoms with Gasteiger partial charge in [-0.05, 0) is 104 Å². The van der Waals surface area contributed by atoms with Crippen molar-refractivity contribution in [2.75, 3.05) is 6.61 Å². The third kappa shape index (κ3) is 4.02. The van der Waals surface area contributed by atoms with Gasteiger partial charge in [-0.25, -0.2) is 0 Å². The first-order chi connectivity index (χ1) is 14.9. The average Bonchev–Trinajstić information content (AvgIpc) is 3.13. The first-order valence-electron chi connectivity index (χ1n) is 12.5. The summed E-state index contributed by atoms with van der Waals surface area (Å²) in [6.07, 6.45) is 10.6. The predicted octanol–water partition coefficient (Wildman–Crippen LogP) is 6.28. The quantitative estimate of drug-likeness (QED) is 0.428. The lowest BCUT2D eigenvalue weighted by Gasteiger charge is -2.64. The predicted molar refractivity (Wildman–Crippen MR) is 132 cm³/mol. The van der Waals surface area contributed by atoms with Crippen LogP contribution in [0.1, 0.15) is 78.6 Å². The van der Waals surface area contributed by atoms with E-state index in [2.05, 4.69) is 39.7 Å². The van der Waals surface area contributed by atoms with Crippen molar-refractivity contribution < 1.29 is 18.7 Å². The molecule has 0 spiro atoms. The summed E-state index contributed by atoms with van der Waals surface area (Å²) in [7, 11) is 5.41. The van der Waals surface area contributed by atoms with Gasteiger partial charge in [-0.1, -0.05) is 20.8 Å². The molecule has 4 rings (SSSR count). The molecule has 4 aliphatic carbocycles. The van der Waals surface area contributed by atoms with E-state index < -0.39 is 0 Å². The molecule has 0 bridgehead atoms. The highest BCUT2D eigenvalue weighted by Crippen LogP contribution is 2.69. The standard InChI is InChI=1S/C24H43O4P3/c1-14(5-4-12-25)16-6-7-17-20-18(9-11-23(16,17)2)24(3)10-8-15(31-26)13-19(24)21(27-29)22(20)28-30/h14-22,25H,4-13,29-30H2,1-3H3/t14-,15+,16?,17?,18?,19-,20?,21-,22+,23+,24+/m0/s1. The maximum atomic E-state index is 11.7. The third-order valence-corrected chi connectivity index (χ3v) is 12.1. The lowest BCUT2D eigenvalue weighted by molar-refractivity contribution is -0.195. The van der Waals surface area contributed by atoms with Crippen LogP contribution in [0.15, 0.2) is 0 Å². The Morgan fingerprint density at radius 1 is 1.00 bits per heavy atom. The molecule has 6 unspecified atom stereocenters. The van der Waals surface area contributed by atoms with E-state index in [-0.39, 0.29) is 23.3 Å². The monoisotopic (exact) mass is 488 g/mol. The topological polar surface area (TPSA) is 55.8 Å². The van der Waals surface area contributed by atoms with Gasteiger partial charge in [-0.2, -0.15) is 0 Å². The van der Waals surface area contributed by atoms with Gasteiger partial charge in [0.1, 0.15) is 0 Å². The maximum absolute atomic E-state index is 11.7. The fraction of sp³-hybridized carbons (Fsp3) is 1.00. The molecule has 0 aromatic carbocycles. The minimum Gasteiger partial charge on any atom is -0.396 e. The van der Waals surface area contributed by atoms with Gasteiger partial charge in [0.05, 0.1) is 12.2 Å². The van der Waals surface area contributed by atoms with Gasteiger partial charge >= 0.3 is 0 Å². The van der Waals surface area contributed by atoms with Crippen molar-refractivity contribution in [3.8, 4) is 0 Å². The molecule has 0 heterocycles. The number of aliphatic hydroxyl groups is 1. The second-order valence-electron chi connectivity index (χ2n) is 11.7. The van der Waals surface area contributed by atoms with Crippen molar-refractivity contribution in [3.05, 3.63) is 0 Å². The summed E-state index contributed by atoms with van der Waals surface area (Å²) in [5.41, 5.74) is 0.866. The maximum Gasteiger partial charge on any atom is 0.158 e. The van der Waals surface area contributed by atoms with Gasteiger partial charge in [0.2, 0.25) is 0 Å². The van der Waals surface area contributed by atoms with Crippen molar-refractivity contribution in [2.45, 2.75) is 96.4 Å². The molecule has 0 aromatic rings. The molecule has 13 atom stereocenters. The average molecular weight is 489 g/mol. The van der Waals surface area contributed by atoms with Crippen molar-refractivity contribution in [2.24, 2.45) is 46.3 Å². The Labute approximate surface area is 195 Å². The van der Waals surface area contributed by atoms with Gasteiger partial charge in [0.15, 0.2) is 8.46 Å².